The molecule has 2 aromatic rings. The highest BCUT2D eigenvalue weighted by Gasteiger charge is 2.06. The Bertz CT molecular complexity index is 631. The molecule has 0 aliphatic heterocycles. The maximum absolute atomic E-state index is 12.1. The standard InChI is InChI=1S/C17H20ClN3O/c1-2-3-4-9-20-17(22)13-8-10-19-16(11-13)21-15-7-5-6-14(18)12-15/h5-8,10-12H,2-4,9H2,1H3,(H,19,21)(H,20,22). The summed E-state index contributed by atoms with van der Waals surface area (Å²) in [6.45, 7) is 2.84. The fourth-order valence-electron chi connectivity index (χ4n) is 2.03. The van der Waals surface area contributed by atoms with Gasteiger partial charge in [-0.2, -0.15) is 0 Å². The van der Waals surface area contributed by atoms with Crippen LogP contribution in [0.1, 0.15) is 36.5 Å². The molecule has 2 rings (SSSR count). The minimum Gasteiger partial charge on any atom is -0.352 e. The zero-order valence-corrected chi connectivity index (χ0v) is 13.4. The summed E-state index contributed by atoms with van der Waals surface area (Å²) in [5.41, 5.74) is 1.43. The van der Waals surface area contributed by atoms with Crippen molar-refractivity contribution in [3.05, 3.63) is 53.2 Å². The quantitative estimate of drug-likeness (QED) is 0.744. The molecule has 1 heterocycles. The summed E-state index contributed by atoms with van der Waals surface area (Å²) in [6, 6.07) is 10.8. The number of amides is 1. The van der Waals surface area contributed by atoms with E-state index < -0.39 is 0 Å². The molecule has 0 unspecified atom stereocenters. The average molecular weight is 318 g/mol. The molecular formula is C17H20ClN3O. The molecule has 0 aliphatic rings. The number of aromatic nitrogens is 1. The van der Waals surface area contributed by atoms with Gasteiger partial charge >= 0.3 is 0 Å². The van der Waals surface area contributed by atoms with E-state index in [2.05, 4.69) is 22.5 Å². The van der Waals surface area contributed by atoms with Gasteiger partial charge in [-0.25, -0.2) is 4.98 Å². The van der Waals surface area contributed by atoms with E-state index in [4.69, 9.17) is 11.6 Å². The molecule has 5 heteroatoms. The molecule has 116 valence electrons. The maximum Gasteiger partial charge on any atom is 0.251 e. The zero-order valence-electron chi connectivity index (χ0n) is 12.6. The van der Waals surface area contributed by atoms with Gasteiger partial charge in [0, 0.05) is 29.0 Å². The molecule has 0 bridgehead atoms. The second-order valence-electron chi connectivity index (χ2n) is 5.03. The highest BCUT2D eigenvalue weighted by atomic mass is 35.5. The minimum absolute atomic E-state index is 0.0763. The number of rotatable bonds is 7. The normalized spacial score (nSPS) is 10.3. The van der Waals surface area contributed by atoms with Crippen LogP contribution >= 0.6 is 11.6 Å². The van der Waals surface area contributed by atoms with Crippen molar-refractivity contribution in [2.24, 2.45) is 0 Å². The highest BCUT2D eigenvalue weighted by molar-refractivity contribution is 6.30. The first-order valence-electron chi connectivity index (χ1n) is 7.46. The number of benzene rings is 1. The molecule has 0 spiro atoms. The van der Waals surface area contributed by atoms with Crippen LogP contribution in [-0.2, 0) is 0 Å². The first kappa shape index (κ1) is 16.3. The molecule has 1 amide bonds. The fourth-order valence-corrected chi connectivity index (χ4v) is 2.22. The van der Waals surface area contributed by atoms with Gasteiger partial charge < -0.3 is 10.6 Å². The van der Waals surface area contributed by atoms with E-state index in [0.717, 1.165) is 24.9 Å². The number of hydrogen-bond acceptors (Lipinski definition) is 3. The van der Waals surface area contributed by atoms with Crippen molar-refractivity contribution in [3.63, 3.8) is 0 Å². The Balaban J connectivity index is 1.98. The van der Waals surface area contributed by atoms with Crippen molar-refractivity contribution in [2.75, 3.05) is 11.9 Å². The van der Waals surface area contributed by atoms with Crippen LogP contribution in [0.2, 0.25) is 5.02 Å². The number of carbonyl (C=O) groups excluding carboxylic acids is 1. The summed E-state index contributed by atoms with van der Waals surface area (Å²) in [5, 5.41) is 6.71. The lowest BCUT2D eigenvalue weighted by Crippen LogP contribution is -2.24. The number of halogens is 1. The van der Waals surface area contributed by atoms with Gasteiger partial charge in [-0.05, 0) is 36.8 Å². The van der Waals surface area contributed by atoms with E-state index in [1.54, 1.807) is 30.5 Å². The molecule has 0 saturated carbocycles. The number of nitrogens with one attached hydrogen (secondary N) is 2. The smallest absolute Gasteiger partial charge is 0.251 e. The van der Waals surface area contributed by atoms with Crippen LogP contribution in [-0.4, -0.2) is 17.4 Å². The lowest BCUT2D eigenvalue weighted by Gasteiger charge is -2.08. The van der Waals surface area contributed by atoms with Crippen molar-refractivity contribution in [1.29, 1.82) is 0 Å². The van der Waals surface area contributed by atoms with Crippen molar-refractivity contribution >= 4 is 29.0 Å². The Morgan fingerprint density at radius 3 is 2.86 bits per heavy atom. The van der Waals surface area contributed by atoms with E-state index in [-0.39, 0.29) is 5.91 Å². The molecule has 0 fully saturated rings. The second-order valence-corrected chi connectivity index (χ2v) is 5.46. The predicted molar refractivity (Wildman–Crippen MR) is 90.8 cm³/mol. The number of pyridine rings is 1. The third kappa shape index (κ3) is 5.04. The van der Waals surface area contributed by atoms with Crippen molar-refractivity contribution in [1.82, 2.24) is 10.3 Å². The van der Waals surface area contributed by atoms with Gasteiger partial charge in [0.15, 0.2) is 0 Å². The molecule has 1 aromatic heterocycles. The molecule has 4 nitrogen and oxygen atoms in total. The lowest BCUT2D eigenvalue weighted by molar-refractivity contribution is 0.0953. The molecule has 22 heavy (non-hydrogen) atoms. The maximum atomic E-state index is 12.1. The number of carbonyl (C=O) groups is 1. The lowest BCUT2D eigenvalue weighted by atomic mass is 10.2. The third-order valence-electron chi connectivity index (χ3n) is 3.19. The van der Waals surface area contributed by atoms with Crippen molar-refractivity contribution in [3.8, 4) is 0 Å². The van der Waals surface area contributed by atoms with Crippen LogP contribution in [0.5, 0.6) is 0 Å². The van der Waals surface area contributed by atoms with Crippen LogP contribution in [0.15, 0.2) is 42.6 Å². The first-order valence-corrected chi connectivity index (χ1v) is 7.83. The number of anilines is 2. The average Bonchev–Trinajstić information content (AvgIpc) is 2.52. The van der Waals surface area contributed by atoms with E-state index in [0.29, 0.717) is 22.9 Å². The van der Waals surface area contributed by atoms with E-state index >= 15 is 0 Å². The summed E-state index contributed by atoms with van der Waals surface area (Å²) in [7, 11) is 0. The van der Waals surface area contributed by atoms with Gasteiger partial charge in [0.2, 0.25) is 0 Å². The Labute approximate surface area is 135 Å². The van der Waals surface area contributed by atoms with E-state index in [1.165, 1.54) is 0 Å². The van der Waals surface area contributed by atoms with Gasteiger partial charge in [0.25, 0.3) is 5.91 Å². The van der Waals surface area contributed by atoms with E-state index in [1.807, 2.05) is 12.1 Å². The van der Waals surface area contributed by atoms with Crippen molar-refractivity contribution < 1.29 is 4.79 Å². The fraction of sp³-hybridized carbons (Fsp3) is 0.294. The number of nitrogens with zero attached hydrogens (tertiary/aromatic N) is 1. The summed E-state index contributed by atoms with van der Waals surface area (Å²) in [5.74, 6) is 0.538. The molecule has 0 aliphatic carbocycles. The highest BCUT2D eigenvalue weighted by Crippen LogP contribution is 2.19. The summed E-state index contributed by atoms with van der Waals surface area (Å²) in [6.07, 6.45) is 4.88. The molecule has 1 aromatic carbocycles. The SMILES string of the molecule is CCCCCNC(=O)c1ccnc(Nc2cccc(Cl)c2)c1. The van der Waals surface area contributed by atoms with Gasteiger partial charge in [-0.3, -0.25) is 4.79 Å². The van der Waals surface area contributed by atoms with E-state index in [9.17, 15) is 4.79 Å². The van der Waals surface area contributed by atoms with Crippen LogP contribution in [0, 0.1) is 0 Å². The molecule has 0 atom stereocenters. The first-order chi connectivity index (χ1) is 10.7. The van der Waals surface area contributed by atoms with Crippen LogP contribution in [0.4, 0.5) is 11.5 Å². The zero-order chi connectivity index (χ0) is 15.8. The molecule has 2 N–H and O–H groups in total. The third-order valence-corrected chi connectivity index (χ3v) is 3.42. The van der Waals surface area contributed by atoms with Crippen LogP contribution in [0.25, 0.3) is 0 Å². The topological polar surface area (TPSA) is 54.0 Å². The Hall–Kier alpha value is -2.07. The summed E-state index contributed by atoms with van der Waals surface area (Å²) in [4.78, 5) is 16.3. The number of unbranched alkanes of at least 4 members (excludes halogenated alkanes) is 2. The predicted octanol–water partition coefficient (Wildman–Crippen LogP) is 4.40. The van der Waals surface area contributed by atoms with Crippen LogP contribution < -0.4 is 10.6 Å². The Kier molecular flexibility index (Phi) is 6.22. The largest absolute Gasteiger partial charge is 0.352 e. The minimum atomic E-state index is -0.0763. The number of hydrogen-bond donors (Lipinski definition) is 2. The molecule has 0 saturated heterocycles. The second kappa shape index (κ2) is 8.39. The molecular weight excluding hydrogens is 298 g/mol. The summed E-state index contributed by atoms with van der Waals surface area (Å²) < 4.78 is 0. The summed E-state index contributed by atoms with van der Waals surface area (Å²) >= 11 is 5.95. The Morgan fingerprint density at radius 1 is 1.23 bits per heavy atom. The Morgan fingerprint density at radius 2 is 2.09 bits per heavy atom. The van der Waals surface area contributed by atoms with Gasteiger partial charge in [-0.1, -0.05) is 37.4 Å². The molecule has 0 radical (unpaired) electrons. The van der Waals surface area contributed by atoms with Gasteiger partial charge in [0.05, 0.1) is 0 Å². The van der Waals surface area contributed by atoms with Crippen LogP contribution in [0.3, 0.4) is 0 Å². The van der Waals surface area contributed by atoms with Crippen molar-refractivity contribution in [2.45, 2.75) is 26.2 Å². The van der Waals surface area contributed by atoms with Gasteiger partial charge in [0.1, 0.15) is 5.82 Å². The monoisotopic (exact) mass is 317 g/mol. The van der Waals surface area contributed by atoms with Gasteiger partial charge in [-0.15, -0.1) is 0 Å².